The van der Waals surface area contributed by atoms with Crippen LogP contribution in [0.2, 0.25) is 0 Å². The lowest BCUT2D eigenvalue weighted by atomic mass is 10.2. The minimum atomic E-state index is -0.483. The minimum Gasteiger partial charge on any atom is -0.489 e. The van der Waals surface area contributed by atoms with Crippen molar-refractivity contribution in [2.75, 3.05) is 5.73 Å². The molecule has 2 aromatic rings. The first-order valence-electron chi connectivity index (χ1n) is 5.49. The van der Waals surface area contributed by atoms with E-state index in [1.54, 1.807) is 18.2 Å². The molecule has 0 atom stereocenters. The van der Waals surface area contributed by atoms with Gasteiger partial charge in [-0.25, -0.2) is 8.78 Å². The molecular formula is C14H13F2NO. The second-order valence-electron chi connectivity index (χ2n) is 4.04. The lowest BCUT2D eigenvalue weighted by Crippen LogP contribution is -2.00. The van der Waals surface area contributed by atoms with Gasteiger partial charge >= 0.3 is 0 Å². The molecule has 2 rings (SSSR count). The van der Waals surface area contributed by atoms with Crippen LogP contribution in [0.15, 0.2) is 36.4 Å². The molecule has 0 saturated heterocycles. The standard InChI is InChI=1S/C14H13F2NO/c1-9-6-12(3-5-14(9)17)18-8-10-7-11(15)2-4-13(10)16/h2-7H,8,17H2,1H3. The van der Waals surface area contributed by atoms with E-state index in [0.717, 1.165) is 23.8 Å². The van der Waals surface area contributed by atoms with Crippen LogP contribution in [0.4, 0.5) is 14.5 Å². The van der Waals surface area contributed by atoms with Crippen LogP contribution >= 0.6 is 0 Å². The van der Waals surface area contributed by atoms with Crippen molar-refractivity contribution in [2.45, 2.75) is 13.5 Å². The Hall–Kier alpha value is -2.10. The van der Waals surface area contributed by atoms with Crippen LogP contribution < -0.4 is 10.5 Å². The van der Waals surface area contributed by atoms with Crippen molar-refractivity contribution in [3.05, 3.63) is 59.2 Å². The number of aryl methyl sites for hydroxylation is 1. The average molecular weight is 249 g/mol. The maximum Gasteiger partial charge on any atom is 0.130 e. The number of halogens is 2. The fraction of sp³-hybridized carbons (Fsp3) is 0.143. The zero-order chi connectivity index (χ0) is 13.1. The fourth-order valence-electron chi connectivity index (χ4n) is 1.55. The van der Waals surface area contributed by atoms with Crippen LogP contribution in [0.1, 0.15) is 11.1 Å². The van der Waals surface area contributed by atoms with Gasteiger partial charge in [-0.15, -0.1) is 0 Å². The van der Waals surface area contributed by atoms with Gasteiger partial charge in [-0.3, -0.25) is 0 Å². The van der Waals surface area contributed by atoms with Gasteiger partial charge in [0.2, 0.25) is 0 Å². The van der Waals surface area contributed by atoms with Crippen LogP contribution in [-0.4, -0.2) is 0 Å². The van der Waals surface area contributed by atoms with E-state index in [4.69, 9.17) is 10.5 Å². The van der Waals surface area contributed by atoms with Crippen molar-refractivity contribution in [1.82, 2.24) is 0 Å². The summed E-state index contributed by atoms with van der Waals surface area (Å²) in [6.07, 6.45) is 0. The molecule has 0 heterocycles. The Kier molecular flexibility index (Phi) is 3.46. The Balaban J connectivity index is 2.11. The molecule has 0 unspecified atom stereocenters. The molecule has 0 aliphatic rings. The average Bonchev–Trinajstić information content (AvgIpc) is 2.34. The summed E-state index contributed by atoms with van der Waals surface area (Å²) in [7, 11) is 0. The lowest BCUT2D eigenvalue weighted by Gasteiger charge is -2.09. The molecule has 2 aromatic carbocycles. The summed E-state index contributed by atoms with van der Waals surface area (Å²) in [5, 5.41) is 0. The van der Waals surface area contributed by atoms with Gasteiger partial charge in [-0.2, -0.15) is 0 Å². The number of ether oxygens (including phenoxy) is 1. The molecule has 18 heavy (non-hydrogen) atoms. The van der Waals surface area contributed by atoms with E-state index in [-0.39, 0.29) is 12.2 Å². The van der Waals surface area contributed by atoms with Crippen molar-refractivity contribution < 1.29 is 13.5 Å². The molecule has 0 saturated carbocycles. The zero-order valence-corrected chi connectivity index (χ0v) is 9.91. The first-order chi connectivity index (χ1) is 8.56. The molecule has 0 spiro atoms. The molecule has 0 bridgehead atoms. The summed E-state index contributed by atoms with van der Waals surface area (Å²) in [5.74, 6) is -0.391. The molecule has 0 aromatic heterocycles. The van der Waals surface area contributed by atoms with E-state index in [0.29, 0.717) is 11.4 Å². The second-order valence-corrected chi connectivity index (χ2v) is 4.04. The molecule has 0 radical (unpaired) electrons. The van der Waals surface area contributed by atoms with Crippen molar-refractivity contribution in [2.24, 2.45) is 0 Å². The van der Waals surface area contributed by atoms with Gasteiger partial charge in [0.15, 0.2) is 0 Å². The molecule has 94 valence electrons. The van der Waals surface area contributed by atoms with Crippen LogP contribution in [0.5, 0.6) is 5.75 Å². The number of hydrogen-bond donors (Lipinski definition) is 1. The maximum atomic E-state index is 13.3. The molecule has 0 amide bonds. The van der Waals surface area contributed by atoms with E-state index in [1.165, 1.54) is 0 Å². The number of nitrogens with two attached hydrogens (primary N) is 1. The highest BCUT2D eigenvalue weighted by molar-refractivity contribution is 5.49. The summed E-state index contributed by atoms with van der Waals surface area (Å²) in [6.45, 7) is 1.83. The monoisotopic (exact) mass is 249 g/mol. The predicted octanol–water partition coefficient (Wildman–Crippen LogP) is 3.43. The minimum absolute atomic E-state index is 0.0209. The first kappa shape index (κ1) is 12.4. The zero-order valence-electron chi connectivity index (χ0n) is 9.91. The van der Waals surface area contributed by atoms with Gasteiger partial charge in [0, 0.05) is 11.3 Å². The third kappa shape index (κ3) is 2.77. The predicted molar refractivity (Wildman–Crippen MR) is 66.3 cm³/mol. The number of hydrogen-bond acceptors (Lipinski definition) is 2. The van der Waals surface area contributed by atoms with Gasteiger partial charge in [-0.05, 0) is 48.9 Å². The summed E-state index contributed by atoms with van der Waals surface area (Å²) < 4.78 is 31.7. The Morgan fingerprint density at radius 3 is 2.61 bits per heavy atom. The lowest BCUT2D eigenvalue weighted by molar-refractivity contribution is 0.299. The van der Waals surface area contributed by atoms with Crippen LogP contribution in [0.3, 0.4) is 0 Å². The van der Waals surface area contributed by atoms with Gasteiger partial charge in [-0.1, -0.05) is 0 Å². The van der Waals surface area contributed by atoms with Gasteiger partial charge < -0.3 is 10.5 Å². The Morgan fingerprint density at radius 2 is 1.89 bits per heavy atom. The molecule has 0 aliphatic heterocycles. The number of anilines is 1. The third-order valence-corrected chi connectivity index (χ3v) is 2.64. The van der Waals surface area contributed by atoms with Crippen LogP contribution in [0.25, 0.3) is 0 Å². The van der Waals surface area contributed by atoms with Crippen molar-refractivity contribution >= 4 is 5.69 Å². The summed E-state index contributed by atoms with van der Waals surface area (Å²) in [4.78, 5) is 0. The largest absolute Gasteiger partial charge is 0.489 e. The first-order valence-corrected chi connectivity index (χ1v) is 5.49. The Morgan fingerprint density at radius 1 is 1.11 bits per heavy atom. The van der Waals surface area contributed by atoms with Crippen molar-refractivity contribution in [3.63, 3.8) is 0 Å². The normalized spacial score (nSPS) is 10.4. The number of nitrogen functional groups attached to an aromatic ring is 1. The van der Waals surface area contributed by atoms with E-state index < -0.39 is 11.6 Å². The molecule has 0 aliphatic carbocycles. The van der Waals surface area contributed by atoms with Crippen molar-refractivity contribution in [3.8, 4) is 5.75 Å². The van der Waals surface area contributed by atoms with Gasteiger partial charge in [0.05, 0.1) is 0 Å². The van der Waals surface area contributed by atoms with E-state index in [2.05, 4.69) is 0 Å². The number of rotatable bonds is 3. The fourth-order valence-corrected chi connectivity index (χ4v) is 1.55. The Labute approximate surface area is 104 Å². The van der Waals surface area contributed by atoms with Gasteiger partial charge in [0.25, 0.3) is 0 Å². The molecule has 0 fully saturated rings. The van der Waals surface area contributed by atoms with Crippen LogP contribution in [-0.2, 0) is 6.61 Å². The third-order valence-electron chi connectivity index (χ3n) is 2.64. The van der Waals surface area contributed by atoms with Crippen molar-refractivity contribution in [1.29, 1.82) is 0 Å². The van der Waals surface area contributed by atoms with Crippen LogP contribution in [0, 0.1) is 18.6 Å². The Bertz CT molecular complexity index is 570. The smallest absolute Gasteiger partial charge is 0.130 e. The number of benzene rings is 2. The second kappa shape index (κ2) is 5.04. The maximum absolute atomic E-state index is 13.3. The summed E-state index contributed by atoms with van der Waals surface area (Å²) >= 11 is 0. The van der Waals surface area contributed by atoms with E-state index >= 15 is 0 Å². The molecule has 4 heteroatoms. The molecular weight excluding hydrogens is 236 g/mol. The molecule has 2 nitrogen and oxygen atoms in total. The SMILES string of the molecule is Cc1cc(OCc2cc(F)ccc2F)ccc1N. The molecule has 2 N–H and O–H groups in total. The highest BCUT2D eigenvalue weighted by Gasteiger charge is 2.05. The van der Waals surface area contributed by atoms with E-state index in [9.17, 15) is 8.78 Å². The summed E-state index contributed by atoms with van der Waals surface area (Å²) in [6, 6.07) is 8.45. The van der Waals surface area contributed by atoms with E-state index in [1.807, 2.05) is 6.92 Å². The topological polar surface area (TPSA) is 35.2 Å². The summed E-state index contributed by atoms with van der Waals surface area (Å²) in [5.41, 5.74) is 7.41. The highest BCUT2D eigenvalue weighted by atomic mass is 19.1. The quantitative estimate of drug-likeness (QED) is 0.846. The van der Waals surface area contributed by atoms with Gasteiger partial charge in [0.1, 0.15) is 24.0 Å². The highest BCUT2D eigenvalue weighted by Crippen LogP contribution is 2.20.